The lowest BCUT2D eigenvalue weighted by atomic mass is 9.94. The number of nitrogens with one attached hydrogen (secondary N) is 1. The van der Waals surface area contributed by atoms with Crippen LogP contribution in [0.5, 0.6) is 5.75 Å². The van der Waals surface area contributed by atoms with Crippen molar-refractivity contribution in [2.45, 2.75) is 6.04 Å². The molecule has 6 heteroatoms. The van der Waals surface area contributed by atoms with Gasteiger partial charge < -0.3 is 10.4 Å². The van der Waals surface area contributed by atoms with Crippen LogP contribution in [0.2, 0.25) is 0 Å². The number of halogens is 1. The Labute approximate surface area is 180 Å². The second-order valence-electron chi connectivity index (χ2n) is 6.68. The highest BCUT2D eigenvalue weighted by atomic mass is 79.9. The first-order chi connectivity index (χ1) is 14.2. The molecule has 5 rings (SSSR count). The summed E-state index contributed by atoms with van der Waals surface area (Å²) in [6, 6.07) is 23.3. The highest BCUT2D eigenvalue weighted by molar-refractivity contribution is 9.10. The molecular formula is C23H16BrN3OS. The van der Waals surface area contributed by atoms with Crippen molar-refractivity contribution in [3.63, 3.8) is 0 Å². The van der Waals surface area contributed by atoms with Gasteiger partial charge in [0.2, 0.25) is 0 Å². The highest BCUT2D eigenvalue weighted by Gasteiger charge is 2.22. The number of pyridine rings is 1. The minimum absolute atomic E-state index is 0.229. The second kappa shape index (κ2) is 7.46. The van der Waals surface area contributed by atoms with Gasteiger partial charge in [-0.25, -0.2) is 4.98 Å². The summed E-state index contributed by atoms with van der Waals surface area (Å²) < 4.78 is 2.12. The van der Waals surface area contributed by atoms with Crippen molar-refractivity contribution in [3.05, 3.63) is 94.6 Å². The summed E-state index contributed by atoms with van der Waals surface area (Å²) >= 11 is 5.11. The molecule has 2 N–H and O–H groups in total. The van der Waals surface area contributed by atoms with Crippen LogP contribution in [-0.4, -0.2) is 15.1 Å². The molecule has 0 saturated heterocycles. The predicted molar refractivity (Wildman–Crippen MR) is 123 cm³/mol. The van der Waals surface area contributed by atoms with Crippen molar-refractivity contribution in [3.8, 4) is 5.75 Å². The van der Waals surface area contributed by atoms with Gasteiger partial charge in [0.15, 0.2) is 5.13 Å². The van der Waals surface area contributed by atoms with Gasteiger partial charge in [-0.2, -0.15) is 0 Å². The Bertz CT molecular complexity index is 1280. The molecule has 2 aromatic heterocycles. The predicted octanol–water partition coefficient (Wildman–Crippen LogP) is 6.51. The van der Waals surface area contributed by atoms with E-state index in [0.29, 0.717) is 0 Å². The fraction of sp³-hybridized carbons (Fsp3) is 0.0435. The Kier molecular flexibility index (Phi) is 4.66. The molecule has 142 valence electrons. The maximum atomic E-state index is 10.8. The van der Waals surface area contributed by atoms with Crippen LogP contribution in [0.3, 0.4) is 0 Å². The molecule has 0 aliphatic carbocycles. The summed E-state index contributed by atoms with van der Waals surface area (Å²) in [7, 11) is 0. The van der Waals surface area contributed by atoms with Gasteiger partial charge in [-0.15, -0.1) is 0 Å². The van der Waals surface area contributed by atoms with E-state index in [4.69, 9.17) is 4.98 Å². The van der Waals surface area contributed by atoms with Crippen LogP contribution < -0.4 is 5.32 Å². The summed E-state index contributed by atoms with van der Waals surface area (Å²) in [5.41, 5.74) is 3.61. The average Bonchev–Trinajstić information content (AvgIpc) is 3.16. The third kappa shape index (κ3) is 3.45. The first-order valence-electron chi connectivity index (χ1n) is 9.13. The molecule has 0 saturated carbocycles. The lowest BCUT2D eigenvalue weighted by Gasteiger charge is -2.22. The third-order valence-electron chi connectivity index (χ3n) is 4.86. The number of phenolic OH excluding ortho intramolecular Hbond substituents is 1. The topological polar surface area (TPSA) is 58.0 Å². The van der Waals surface area contributed by atoms with E-state index >= 15 is 0 Å². The van der Waals surface area contributed by atoms with Crippen LogP contribution >= 0.6 is 27.3 Å². The maximum Gasteiger partial charge on any atom is 0.184 e. The standard InChI is InChI=1S/C23H16BrN3OS/c24-15-9-7-14(8-10-15)22(27-23-26-18-5-1-2-6-20(18)29-23)21-16-4-3-13-25-17(16)11-12-19(21)28/h1-13,22,28H,(H,26,27). The zero-order valence-corrected chi connectivity index (χ0v) is 17.6. The Morgan fingerprint density at radius 1 is 0.897 bits per heavy atom. The molecule has 0 amide bonds. The Balaban J connectivity index is 1.69. The summed E-state index contributed by atoms with van der Waals surface area (Å²) in [6.45, 7) is 0. The molecule has 0 aliphatic heterocycles. The quantitative estimate of drug-likeness (QED) is 0.320. The number of thiazole rings is 1. The van der Waals surface area contributed by atoms with Crippen molar-refractivity contribution in [2.24, 2.45) is 0 Å². The Hall–Kier alpha value is -2.96. The van der Waals surface area contributed by atoms with E-state index in [9.17, 15) is 5.11 Å². The van der Waals surface area contributed by atoms with Crippen molar-refractivity contribution in [1.29, 1.82) is 0 Å². The monoisotopic (exact) mass is 461 g/mol. The first kappa shape index (κ1) is 18.1. The number of para-hydroxylation sites is 1. The molecule has 1 atom stereocenters. The van der Waals surface area contributed by atoms with Crippen molar-refractivity contribution < 1.29 is 5.11 Å². The number of anilines is 1. The lowest BCUT2D eigenvalue weighted by Crippen LogP contribution is -2.13. The number of benzene rings is 3. The molecule has 29 heavy (non-hydrogen) atoms. The Morgan fingerprint density at radius 2 is 1.72 bits per heavy atom. The van der Waals surface area contributed by atoms with Gasteiger partial charge in [-0.3, -0.25) is 4.98 Å². The Morgan fingerprint density at radius 3 is 2.55 bits per heavy atom. The van der Waals surface area contributed by atoms with E-state index in [-0.39, 0.29) is 11.8 Å². The normalized spacial score (nSPS) is 12.3. The molecular weight excluding hydrogens is 446 g/mol. The first-order valence-corrected chi connectivity index (χ1v) is 10.7. The molecule has 3 aromatic carbocycles. The lowest BCUT2D eigenvalue weighted by molar-refractivity contribution is 0.468. The van der Waals surface area contributed by atoms with E-state index in [1.54, 1.807) is 23.6 Å². The molecule has 0 bridgehead atoms. The van der Waals surface area contributed by atoms with E-state index in [2.05, 4.69) is 32.3 Å². The van der Waals surface area contributed by atoms with Crippen molar-refractivity contribution in [2.75, 3.05) is 5.32 Å². The van der Waals surface area contributed by atoms with E-state index in [0.717, 1.165) is 41.9 Å². The molecule has 0 fully saturated rings. The molecule has 0 spiro atoms. The zero-order chi connectivity index (χ0) is 19.8. The second-order valence-corrected chi connectivity index (χ2v) is 8.63. The largest absolute Gasteiger partial charge is 0.508 e. The van der Waals surface area contributed by atoms with Crippen LogP contribution in [0.1, 0.15) is 17.2 Å². The fourth-order valence-electron chi connectivity index (χ4n) is 3.50. The zero-order valence-electron chi connectivity index (χ0n) is 15.2. The van der Waals surface area contributed by atoms with Crippen LogP contribution in [0, 0.1) is 0 Å². The SMILES string of the molecule is Oc1ccc2ncccc2c1C(Nc1nc2ccccc2s1)c1ccc(Br)cc1. The summed E-state index contributed by atoms with van der Waals surface area (Å²) in [5, 5.41) is 16.1. The van der Waals surface area contributed by atoms with E-state index in [1.165, 1.54) is 0 Å². The van der Waals surface area contributed by atoms with E-state index < -0.39 is 0 Å². The van der Waals surface area contributed by atoms with Gasteiger partial charge >= 0.3 is 0 Å². The smallest absolute Gasteiger partial charge is 0.184 e. The number of fused-ring (bicyclic) bond motifs is 2. The fourth-order valence-corrected chi connectivity index (χ4v) is 4.66. The minimum Gasteiger partial charge on any atom is -0.508 e. The van der Waals surface area contributed by atoms with Gasteiger partial charge in [0, 0.05) is 21.6 Å². The summed E-state index contributed by atoms with van der Waals surface area (Å²) in [6.07, 6.45) is 1.76. The molecule has 5 aromatic rings. The number of rotatable bonds is 4. The number of phenols is 1. The van der Waals surface area contributed by atoms with Crippen LogP contribution in [0.4, 0.5) is 5.13 Å². The number of aromatic hydroxyl groups is 1. The van der Waals surface area contributed by atoms with Gasteiger partial charge in [0.05, 0.1) is 21.8 Å². The molecule has 2 heterocycles. The van der Waals surface area contributed by atoms with Gasteiger partial charge in [0.25, 0.3) is 0 Å². The number of hydrogen-bond donors (Lipinski definition) is 2. The van der Waals surface area contributed by atoms with Crippen molar-refractivity contribution in [1.82, 2.24) is 9.97 Å². The minimum atomic E-state index is -0.281. The molecule has 0 radical (unpaired) electrons. The maximum absolute atomic E-state index is 10.8. The van der Waals surface area contributed by atoms with Gasteiger partial charge in [-0.1, -0.05) is 57.6 Å². The molecule has 4 nitrogen and oxygen atoms in total. The number of nitrogens with zero attached hydrogens (tertiary/aromatic N) is 2. The van der Waals surface area contributed by atoms with Crippen molar-refractivity contribution >= 4 is 53.5 Å². The summed E-state index contributed by atoms with van der Waals surface area (Å²) in [4.78, 5) is 9.19. The van der Waals surface area contributed by atoms with Gasteiger partial charge in [0.1, 0.15) is 5.75 Å². The van der Waals surface area contributed by atoms with Crippen LogP contribution in [0.15, 0.2) is 83.5 Å². The molecule has 1 unspecified atom stereocenters. The third-order valence-corrected chi connectivity index (χ3v) is 6.35. The average molecular weight is 462 g/mol. The van der Waals surface area contributed by atoms with Crippen LogP contribution in [-0.2, 0) is 0 Å². The van der Waals surface area contributed by atoms with E-state index in [1.807, 2.05) is 60.7 Å². The van der Waals surface area contributed by atoms with Crippen LogP contribution in [0.25, 0.3) is 21.1 Å². The molecule has 0 aliphatic rings. The number of aromatic nitrogens is 2. The summed E-state index contributed by atoms with van der Waals surface area (Å²) in [5.74, 6) is 0.229. The van der Waals surface area contributed by atoms with Gasteiger partial charge in [-0.05, 0) is 48.0 Å². The highest BCUT2D eigenvalue weighted by Crippen LogP contribution is 2.39. The number of hydrogen-bond acceptors (Lipinski definition) is 5.